The molecule has 50 heavy (non-hydrogen) atoms. The molecule has 0 saturated heterocycles. The Morgan fingerprint density at radius 2 is 1.06 bits per heavy atom. The van der Waals surface area contributed by atoms with Crippen molar-refractivity contribution in [2.45, 2.75) is 0 Å². The Morgan fingerprint density at radius 1 is 0.420 bits per heavy atom. The molecule has 0 aliphatic carbocycles. The van der Waals surface area contributed by atoms with Crippen molar-refractivity contribution in [3.05, 3.63) is 170 Å². The zero-order chi connectivity index (χ0) is 32.8. The van der Waals surface area contributed by atoms with E-state index in [1.54, 1.807) is 0 Å². The summed E-state index contributed by atoms with van der Waals surface area (Å²) in [5.74, 6) is 0. The fourth-order valence-electron chi connectivity index (χ4n) is 7.89. The molecular formula is C46H28N2OS. The van der Waals surface area contributed by atoms with E-state index >= 15 is 0 Å². The van der Waals surface area contributed by atoms with E-state index in [-0.39, 0.29) is 0 Å². The molecule has 0 aliphatic heterocycles. The molecule has 8 aromatic carbocycles. The zero-order valence-corrected chi connectivity index (χ0v) is 27.7. The molecule has 3 nitrogen and oxygen atoms in total. The van der Waals surface area contributed by atoms with Gasteiger partial charge in [-0.25, -0.2) is 0 Å². The van der Waals surface area contributed by atoms with E-state index in [1.807, 2.05) is 23.5 Å². The van der Waals surface area contributed by atoms with Gasteiger partial charge in [0.1, 0.15) is 11.2 Å². The van der Waals surface area contributed by atoms with Gasteiger partial charge in [0, 0.05) is 64.5 Å². The Morgan fingerprint density at radius 3 is 1.96 bits per heavy atom. The van der Waals surface area contributed by atoms with Crippen LogP contribution in [0.25, 0.3) is 80.4 Å². The maximum atomic E-state index is 6.26. The van der Waals surface area contributed by atoms with Crippen LogP contribution in [0.4, 0.5) is 17.1 Å². The van der Waals surface area contributed by atoms with Crippen molar-refractivity contribution in [1.82, 2.24) is 4.57 Å². The first kappa shape index (κ1) is 27.6. The first-order valence-electron chi connectivity index (χ1n) is 16.9. The first-order valence-corrected chi connectivity index (χ1v) is 17.7. The molecule has 0 N–H and O–H groups in total. The minimum Gasteiger partial charge on any atom is -0.456 e. The topological polar surface area (TPSA) is 21.3 Å². The van der Waals surface area contributed by atoms with Crippen LogP contribution in [0.2, 0.25) is 0 Å². The van der Waals surface area contributed by atoms with Crippen molar-refractivity contribution in [1.29, 1.82) is 0 Å². The van der Waals surface area contributed by atoms with Crippen molar-refractivity contribution < 1.29 is 4.42 Å². The Balaban J connectivity index is 1.19. The Labute approximate surface area is 291 Å². The average molecular weight is 657 g/mol. The number of hydrogen-bond donors (Lipinski definition) is 0. The number of para-hydroxylation sites is 3. The Kier molecular flexibility index (Phi) is 5.83. The maximum Gasteiger partial charge on any atom is 0.135 e. The predicted octanol–water partition coefficient (Wildman–Crippen LogP) is 13.7. The lowest BCUT2D eigenvalue weighted by molar-refractivity contribution is 0.669. The third kappa shape index (κ3) is 4.03. The molecule has 0 spiro atoms. The number of furan rings is 1. The van der Waals surface area contributed by atoms with E-state index in [9.17, 15) is 0 Å². The molecule has 0 saturated carbocycles. The smallest absolute Gasteiger partial charge is 0.135 e. The van der Waals surface area contributed by atoms with Crippen LogP contribution >= 0.6 is 11.3 Å². The number of rotatable bonds is 4. The normalized spacial score (nSPS) is 12.0. The highest BCUT2D eigenvalue weighted by Gasteiger charge is 2.20. The summed E-state index contributed by atoms with van der Waals surface area (Å²) in [6.07, 6.45) is 0. The summed E-state index contributed by atoms with van der Waals surface area (Å²) >= 11 is 1.88. The number of anilines is 3. The molecule has 234 valence electrons. The van der Waals surface area contributed by atoms with E-state index in [4.69, 9.17) is 4.42 Å². The lowest BCUT2D eigenvalue weighted by Gasteiger charge is -2.26. The van der Waals surface area contributed by atoms with Gasteiger partial charge in [-0.05, 0) is 83.6 Å². The zero-order valence-electron chi connectivity index (χ0n) is 26.9. The second kappa shape index (κ2) is 10.6. The van der Waals surface area contributed by atoms with Crippen LogP contribution < -0.4 is 4.90 Å². The van der Waals surface area contributed by atoms with Crippen molar-refractivity contribution in [2.24, 2.45) is 0 Å². The number of benzene rings is 8. The van der Waals surface area contributed by atoms with Crippen molar-refractivity contribution in [3.8, 4) is 5.69 Å². The first-order chi connectivity index (χ1) is 24.8. The number of nitrogens with zero attached hydrogens (tertiary/aromatic N) is 2. The number of hydrogen-bond acceptors (Lipinski definition) is 3. The van der Waals surface area contributed by atoms with Crippen LogP contribution in [0, 0.1) is 0 Å². The summed E-state index contributed by atoms with van der Waals surface area (Å²) in [5, 5.41) is 9.85. The van der Waals surface area contributed by atoms with E-state index < -0.39 is 0 Å². The number of aromatic nitrogens is 1. The van der Waals surface area contributed by atoms with E-state index in [1.165, 1.54) is 52.8 Å². The Hall–Kier alpha value is -6.36. The van der Waals surface area contributed by atoms with Gasteiger partial charge in [0.25, 0.3) is 0 Å². The maximum absolute atomic E-state index is 6.26. The standard InChI is InChI=1S/C46H28N2OS/c1-2-11-30(12-3-1)48-41-16-8-6-14-35(41)36-23-19-33(28-42(36)48)47(31-20-24-44-39(26-31)37-15-7-9-17-43(37)49-44)32-21-25-45-40(27-32)38-22-18-29-10-4-5-13-34(29)46(38)50-45/h1-28H. The predicted molar refractivity (Wildman–Crippen MR) is 213 cm³/mol. The second-order valence-corrected chi connectivity index (χ2v) is 14.0. The minimum absolute atomic E-state index is 0.890. The molecule has 11 aromatic rings. The molecule has 3 heterocycles. The van der Waals surface area contributed by atoms with Gasteiger partial charge in [0.05, 0.1) is 11.0 Å². The number of fused-ring (bicyclic) bond motifs is 11. The van der Waals surface area contributed by atoms with Gasteiger partial charge in [0.15, 0.2) is 0 Å². The highest BCUT2D eigenvalue weighted by atomic mass is 32.1. The summed E-state index contributed by atoms with van der Waals surface area (Å²) in [4.78, 5) is 2.40. The van der Waals surface area contributed by atoms with Crippen LogP contribution in [0.3, 0.4) is 0 Å². The van der Waals surface area contributed by atoms with Gasteiger partial charge >= 0.3 is 0 Å². The van der Waals surface area contributed by atoms with Gasteiger partial charge in [0.2, 0.25) is 0 Å². The third-order valence-corrected chi connectivity index (χ3v) is 11.4. The fourth-order valence-corrected chi connectivity index (χ4v) is 9.10. The lowest BCUT2D eigenvalue weighted by Crippen LogP contribution is -2.10. The van der Waals surface area contributed by atoms with E-state index in [2.05, 4.69) is 167 Å². The fraction of sp³-hybridized carbons (Fsp3) is 0. The van der Waals surface area contributed by atoms with Crippen LogP contribution in [0.15, 0.2) is 174 Å². The molecule has 0 fully saturated rings. The van der Waals surface area contributed by atoms with Crippen LogP contribution in [-0.4, -0.2) is 4.57 Å². The summed E-state index contributed by atoms with van der Waals surface area (Å²) in [6.45, 7) is 0. The van der Waals surface area contributed by atoms with Crippen LogP contribution in [0.5, 0.6) is 0 Å². The molecule has 0 aliphatic rings. The highest BCUT2D eigenvalue weighted by molar-refractivity contribution is 7.26. The van der Waals surface area contributed by atoms with Gasteiger partial charge < -0.3 is 13.9 Å². The minimum atomic E-state index is 0.890. The quantitative estimate of drug-likeness (QED) is 0.188. The number of thiophene rings is 1. The van der Waals surface area contributed by atoms with Crippen molar-refractivity contribution in [2.75, 3.05) is 4.90 Å². The Bertz CT molecular complexity index is 3110. The molecule has 0 unspecified atom stereocenters. The van der Waals surface area contributed by atoms with Crippen LogP contribution in [-0.2, 0) is 0 Å². The van der Waals surface area contributed by atoms with Crippen LogP contribution in [0.1, 0.15) is 0 Å². The molecule has 3 aromatic heterocycles. The molecule has 0 atom stereocenters. The SMILES string of the molecule is c1ccc(-n2c3ccccc3c3ccc(N(c4ccc5oc6ccccc6c5c4)c4ccc5sc6c7ccccc7ccc6c5c4)cc32)cc1. The molecule has 0 bridgehead atoms. The van der Waals surface area contributed by atoms with Crippen molar-refractivity contribution >= 4 is 103 Å². The third-order valence-electron chi connectivity index (χ3n) is 10.2. The van der Waals surface area contributed by atoms with Gasteiger partial charge in [-0.15, -0.1) is 11.3 Å². The van der Waals surface area contributed by atoms with E-state index in [0.29, 0.717) is 0 Å². The van der Waals surface area contributed by atoms with Gasteiger partial charge in [-0.2, -0.15) is 0 Å². The summed E-state index contributed by atoms with van der Waals surface area (Å²) in [6, 6.07) is 61.3. The average Bonchev–Trinajstić information content (AvgIpc) is 3.84. The largest absolute Gasteiger partial charge is 0.456 e. The molecule has 0 radical (unpaired) electrons. The second-order valence-electron chi connectivity index (χ2n) is 12.9. The summed E-state index contributed by atoms with van der Waals surface area (Å²) in [5.41, 5.74) is 8.58. The molecule has 11 rings (SSSR count). The monoisotopic (exact) mass is 656 g/mol. The summed E-state index contributed by atoms with van der Waals surface area (Å²) in [7, 11) is 0. The molecular weight excluding hydrogens is 629 g/mol. The lowest BCUT2D eigenvalue weighted by atomic mass is 10.0. The van der Waals surface area contributed by atoms with Gasteiger partial charge in [-0.3, -0.25) is 0 Å². The van der Waals surface area contributed by atoms with E-state index in [0.717, 1.165) is 44.7 Å². The molecule has 0 amide bonds. The summed E-state index contributed by atoms with van der Waals surface area (Å²) < 4.78 is 11.3. The van der Waals surface area contributed by atoms with Gasteiger partial charge in [-0.1, -0.05) is 97.1 Å². The highest BCUT2D eigenvalue weighted by Crippen LogP contribution is 2.45. The van der Waals surface area contributed by atoms with Crippen molar-refractivity contribution in [3.63, 3.8) is 0 Å². The molecule has 4 heteroatoms.